The SMILES string of the molecule is O=C(c1ccc(CS(=O)(=O)C(F)F)cc1)N1CCC2(CCNC2)CC1. The Bertz CT molecular complexity index is 719. The molecule has 5 nitrogen and oxygen atoms in total. The lowest BCUT2D eigenvalue weighted by atomic mass is 9.78. The molecule has 0 bridgehead atoms. The van der Waals surface area contributed by atoms with E-state index >= 15 is 0 Å². The normalized spacial score (nSPS) is 20.4. The summed E-state index contributed by atoms with van der Waals surface area (Å²) < 4.78 is 47.4. The van der Waals surface area contributed by atoms with Crippen LogP contribution in [0.4, 0.5) is 8.78 Å². The molecule has 8 heteroatoms. The van der Waals surface area contributed by atoms with Crippen LogP contribution < -0.4 is 5.32 Å². The second kappa shape index (κ2) is 6.99. The van der Waals surface area contributed by atoms with Crippen molar-refractivity contribution in [1.29, 1.82) is 0 Å². The number of carbonyl (C=O) groups excluding carboxylic acids is 1. The van der Waals surface area contributed by atoms with Crippen LogP contribution in [0, 0.1) is 5.41 Å². The van der Waals surface area contributed by atoms with Gasteiger partial charge < -0.3 is 10.2 Å². The number of amides is 1. The molecule has 1 aromatic carbocycles. The van der Waals surface area contributed by atoms with E-state index in [9.17, 15) is 22.0 Å². The topological polar surface area (TPSA) is 66.5 Å². The average molecular weight is 372 g/mol. The van der Waals surface area contributed by atoms with E-state index in [-0.39, 0.29) is 11.5 Å². The molecule has 0 saturated carbocycles. The number of alkyl halides is 2. The number of hydrogen-bond donors (Lipinski definition) is 1. The Morgan fingerprint density at radius 2 is 1.80 bits per heavy atom. The van der Waals surface area contributed by atoms with Gasteiger partial charge in [-0.25, -0.2) is 8.42 Å². The second-order valence-corrected chi connectivity index (χ2v) is 8.95. The van der Waals surface area contributed by atoms with Crippen LogP contribution in [-0.4, -0.2) is 51.2 Å². The summed E-state index contributed by atoms with van der Waals surface area (Å²) in [4.78, 5) is 14.4. The number of halogens is 2. The van der Waals surface area contributed by atoms with Gasteiger partial charge in [0.05, 0.1) is 5.75 Å². The van der Waals surface area contributed by atoms with Crippen molar-refractivity contribution in [2.75, 3.05) is 26.2 Å². The van der Waals surface area contributed by atoms with E-state index in [1.54, 1.807) is 0 Å². The monoisotopic (exact) mass is 372 g/mol. The molecule has 2 saturated heterocycles. The Balaban J connectivity index is 1.61. The van der Waals surface area contributed by atoms with Crippen molar-refractivity contribution in [3.63, 3.8) is 0 Å². The molecule has 0 radical (unpaired) electrons. The number of rotatable bonds is 4. The first-order chi connectivity index (χ1) is 11.8. The number of nitrogens with one attached hydrogen (secondary N) is 1. The molecule has 1 spiro atoms. The first kappa shape index (κ1) is 18.3. The summed E-state index contributed by atoms with van der Waals surface area (Å²) in [5.41, 5.74) is 1.04. The molecule has 1 aromatic rings. The molecule has 2 fully saturated rings. The number of nitrogens with zero attached hydrogens (tertiary/aromatic N) is 1. The van der Waals surface area contributed by atoms with Gasteiger partial charge in [0.25, 0.3) is 5.91 Å². The Labute approximate surface area is 146 Å². The van der Waals surface area contributed by atoms with Crippen LogP contribution >= 0.6 is 0 Å². The molecule has 2 heterocycles. The van der Waals surface area contributed by atoms with Crippen molar-refractivity contribution < 1.29 is 22.0 Å². The van der Waals surface area contributed by atoms with Crippen molar-refractivity contribution in [3.8, 4) is 0 Å². The van der Waals surface area contributed by atoms with Gasteiger partial charge in [-0.05, 0) is 48.9 Å². The van der Waals surface area contributed by atoms with Gasteiger partial charge in [-0.2, -0.15) is 8.78 Å². The summed E-state index contributed by atoms with van der Waals surface area (Å²) in [5, 5.41) is 3.39. The van der Waals surface area contributed by atoms with E-state index in [4.69, 9.17) is 0 Å². The fourth-order valence-electron chi connectivity index (χ4n) is 3.63. The summed E-state index contributed by atoms with van der Waals surface area (Å²) in [7, 11) is -4.45. The minimum Gasteiger partial charge on any atom is -0.339 e. The predicted molar refractivity (Wildman–Crippen MR) is 90.1 cm³/mol. The van der Waals surface area contributed by atoms with Gasteiger partial charge in [-0.1, -0.05) is 12.1 Å². The van der Waals surface area contributed by atoms with Crippen LogP contribution in [0.15, 0.2) is 24.3 Å². The van der Waals surface area contributed by atoms with Gasteiger partial charge in [0.2, 0.25) is 9.84 Å². The largest absolute Gasteiger partial charge is 0.339 e. The number of benzene rings is 1. The Morgan fingerprint density at radius 1 is 1.16 bits per heavy atom. The Morgan fingerprint density at radius 3 is 2.32 bits per heavy atom. The van der Waals surface area contributed by atoms with Gasteiger partial charge in [0, 0.05) is 25.2 Å². The highest BCUT2D eigenvalue weighted by molar-refractivity contribution is 7.90. The zero-order chi connectivity index (χ0) is 18.1. The number of piperidine rings is 1. The molecule has 138 valence electrons. The van der Waals surface area contributed by atoms with Crippen LogP contribution in [0.2, 0.25) is 0 Å². The van der Waals surface area contributed by atoms with Gasteiger partial charge in [0.15, 0.2) is 0 Å². The van der Waals surface area contributed by atoms with Gasteiger partial charge >= 0.3 is 5.76 Å². The lowest BCUT2D eigenvalue weighted by Crippen LogP contribution is -2.44. The summed E-state index contributed by atoms with van der Waals surface area (Å²) >= 11 is 0. The average Bonchev–Trinajstić information content (AvgIpc) is 3.03. The van der Waals surface area contributed by atoms with Gasteiger partial charge in [0.1, 0.15) is 0 Å². The highest BCUT2D eigenvalue weighted by atomic mass is 32.2. The molecule has 25 heavy (non-hydrogen) atoms. The molecule has 0 atom stereocenters. The second-order valence-electron chi connectivity index (χ2n) is 6.98. The summed E-state index contributed by atoms with van der Waals surface area (Å²) in [5.74, 6) is -4.21. The molecule has 2 aliphatic rings. The summed E-state index contributed by atoms with van der Waals surface area (Å²) in [6.07, 6.45) is 3.12. The van der Waals surface area contributed by atoms with Crippen molar-refractivity contribution in [3.05, 3.63) is 35.4 Å². The maximum atomic E-state index is 12.6. The number of hydrogen-bond acceptors (Lipinski definition) is 4. The third-order valence-corrected chi connectivity index (χ3v) is 6.56. The third kappa shape index (κ3) is 4.00. The van der Waals surface area contributed by atoms with Gasteiger partial charge in [-0.15, -0.1) is 0 Å². The number of carbonyl (C=O) groups is 1. The number of sulfone groups is 1. The van der Waals surface area contributed by atoms with Crippen LogP contribution in [0.25, 0.3) is 0 Å². The summed E-state index contributed by atoms with van der Waals surface area (Å²) in [6.45, 7) is 3.48. The third-order valence-electron chi connectivity index (χ3n) is 5.28. The zero-order valence-electron chi connectivity index (χ0n) is 13.9. The highest BCUT2D eigenvalue weighted by Crippen LogP contribution is 2.37. The van der Waals surface area contributed by atoms with E-state index < -0.39 is 21.3 Å². The minimum atomic E-state index is -4.45. The fourth-order valence-corrected chi connectivity index (χ4v) is 4.41. The lowest BCUT2D eigenvalue weighted by molar-refractivity contribution is 0.0607. The molecular formula is C17H22F2N2O3S. The number of likely N-dealkylation sites (tertiary alicyclic amines) is 1. The van der Waals surface area contributed by atoms with Crippen LogP contribution in [0.3, 0.4) is 0 Å². The fraction of sp³-hybridized carbons (Fsp3) is 0.588. The Hall–Kier alpha value is -1.54. The molecular weight excluding hydrogens is 350 g/mol. The van der Waals surface area contributed by atoms with E-state index in [0.717, 1.165) is 32.4 Å². The quantitative estimate of drug-likeness (QED) is 0.878. The van der Waals surface area contributed by atoms with E-state index in [1.165, 1.54) is 24.3 Å². The van der Waals surface area contributed by atoms with Crippen molar-refractivity contribution in [2.45, 2.75) is 30.8 Å². The van der Waals surface area contributed by atoms with E-state index in [0.29, 0.717) is 24.1 Å². The van der Waals surface area contributed by atoms with Crippen molar-refractivity contribution in [1.82, 2.24) is 10.2 Å². The molecule has 0 aliphatic carbocycles. The highest BCUT2D eigenvalue weighted by Gasteiger charge is 2.38. The van der Waals surface area contributed by atoms with E-state index in [1.807, 2.05) is 4.90 Å². The van der Waals surface area contributed by atoms with Crippen LogP contribution in [0.1, 0.15) is 35.2 Å². The molecule has 1 N–H and O–H groups in total. The maximum Gasteiger partial charge on any atom is 0.337 e. The molecule has 0 unspecified atom stereocenters. The lowest BCUT2D eigenvalue weighted by Gasteiger charge is -2.38. The Kier molecular flexibility index (Phi) is 5.11. The molecule has 1 amide bonds. The van der Waals surface area contributed by atoms with Crippen molar-refractivity contribution >= 4 is 15.7 Å². The maximum absolute atomic E-state index is 12.6. The van der Waals surface area contributed by atoms with Crippen LogP contribution in [0.5, 0.6) is 0 Å². The standard InChI is InChI=1S/C17H22F2N2O3S/c18-16(19)25(23,24)11-13-1-3-14(4-2-13)15(22)21-9-6-17(7-10-21)5-8-20-12-17/h1-4,16,20H,5-12H2. The first-order valence-corrected chi connectivity index (χ1v) is 10.1. The smallest absolute Gasteiger partial charge is 0.337 e. The summed E-state index contributed by atoms with van der Waals surface area (Å²) in [6, 6.07) is 5.89. The molecule has 3 rings (SSSR count). The van der Waals surface area contributed by atoms with Crippen LogP contribution in [-0.2, 0) is 15.6 Å². The molecule has 0 aromatic heterocycles. The molecule has 2 aliphatic heterocycles. The predicted octanol–water partition coefficient (Wildman–Crippen LogP) is 2.04. The first-order valence-electron chi connectivity index (χ1n) is 8.40. The van der Waals surface area contributed by atoms with E-state index in [2.05, 4.69) is 5.32 Å². The van der Waals surface area contributed by atoms with Crippen molar-refractivity contribution in [2.24, 2.45) is 5.41 Å². The minimum absolute atomic E-state index is 0.0935. The zero-order valence-corrected chi connectivity index (χ0v) is 14.7. The van der Waals surface area contributed by atoms with Gasteiger partial charge in [-0.3, -0.25) is 4.79 Å².